The topological polar surface area (TPSA) is 52.3 Å². The van der Waals surface area contributed by atoms with Crippen LogP contribution < -0.4 is 5.73 Å². The van der Waals surface area contributed by atoms with Crippen LogP contribution in [-0.2, 0) is 15.5 Å². The molecular formula is C10H19NO2S. The first-order valence-electron chi connectivity index (χ1n) is 5.47. The van der Waals surface area contributed by atoms with Gasteiger partial charge in [-0.3, -0.25) is 4.21 Å². The van der Waals surface area contributed by atoms with Crippen molar-refractivity contribution >= 4 is 10.8 Å². The Morgan fingerprint density at radius 3 is 2.86 bits per heavy atom. The van der Waals surface area contributed by atoms with Gasteiger partial charge in [0.2, 0.25) is 0 Å². The number of rotatable bonds is 3. The highest BCUT2D eigenvalue weighted by Crippen LogP contribution is 2.43. The van der Waals surface area contributed by atoms with Gasteiger partial charge in [-0.25, -0.2) is 0 Å². The Labute approximate surface area is 87.8 Å². The van der Waals surface area contributed by atoms with Crippen LogP contribution in [-0.4, -0.2) is 34.0 Å². The molecule has 1 heterocycles. The van der Waals surface area contributed by atoms with E-state index < -0.39 is 10.8 Å². The Balaban J connectivity index is 1.90. The summed E-state index contributed by atoms with van der Waals surface area (Å²) < 4.78 is 17.6. The highest BCUT2D eigenvalue weighted by molar-refractivity contribution is 7.85. The van der Waals surface area contributed by atoms with Gasteiger partial charge in [-0.05, 0) is 32.1 Å². The molecule has 14 heavy (non-hydrogen) atoms. The summed E-state index contributed by atoms with van der Waals surface area (Å²) in [4.78, 5) is 0. The summed E-state index contributed by atoms with van der Waals surface area (Å²) >= 11 is 0. The largest absolute Gasteiger partial charge is 0.375 e. The summed E-state index contributed by atoms with van der Waals surface area (Å²) in [5, 5.41) is 0.340. The van der Waals surface area contributed by atoms with Crippen LogP contribution in [0.15, 0.2) is 0 Å². The van der Waals surface area contributed by atoms with Gasteiger partial charge >= 0.3 is 0 Å². The number of ether oxygens (including phenoxy) is 1. The zero-order valence-electron chi connectivity index (χ0n) is 8.54. The molecule has 2 rings (SSSR count). The van der Waals surface area contributed by atoms with Gasteiger partial charge in [-0.2, -0.15) is 0 Å². The quantitative estimate of drug-likeness (QED) is 0.760. The summed E-state index contributed by atoms with van der Waals surface area (Å²) in [6.07, 6.45) is 5.57. The average molecular weight is 217 g/mol. The van der Waals surface area contributed by atoms with Gasteiger partial charge in [-0.15, -0.1) is 0 Å². The van der Waals surface area contributed by atoms with Crippen molar-refractivity contribution in [3.63, 3.8) is 0 Å². The minimum atomic E-state index is -0.726. The van der Waals surface area contributed by atoms with Crippen molar-refractivity contribution in [2.24, 2.45) is 5.73 Å². The third kappa shape index (κ3) is 2.02. The highest BCUT2D eigenvalue weighted by Gasteiger charge is 2.43. The van der Waals surface area contributed by atoms with Crippen molar-refractivity contribution in [1.82, 2.24) is 0 Å². The molecule has 0 bridgehead atoms. The molecule has 1 aliphatic heterocycles. The standard InChI is InChI=1S/C10H19NO2S/c11-5-7-14(12)9-2-6-13-10(8-9)3-1-4-10/h9H,1-8,11H2. The van der Waals surface area contributed by atoms with Crippen molar-refractivity contribution in [2.45, 2.75) is 43.0 Å². The second-order valence-corrected chi connectivity index (χ2v) is 6.21. The van der Waals surface area contributed by atoms with E-state index in [9.17, 15) is 4.21 Å². The highest BCUT2D eigenvalue weighted by atomic mass is 32.2. The van der Waals surface area contributed by atoms with Crippen LogP contribution >= 0.6 is 0 Å². The Kier molecular flexibility index (Phi) is 3.24. The molecule has 0 aromatic heterocycles. The number of hydrogen-bond acceptors (Lipinski definition) is 3. The Hall–Kier alpha value is 0.0700. The lowest BCUT2D eigenvalue weighted by molar-refractivity contribution is -0.125. The molecule has 4 heteroatoms. The second kappa shape index (κ2) is 4.29. The van der Waals surface area contributed by atoms with Crippen molar-refractivity contribution < 1.29 is 8.95 Å². The molecule has 82 valence electrons. The van der Waals surface area contributed by atoms with E-state index in [2.05, 4.69) is 0 Å². The Bertz CT molecular complexity index is 228. The van der Waals surface area contributed by atoms with Crippen LogP contribution in [0.3, 0.4) is 0 Å². The molecule has 2 unspecified atom stereocenters. The van der Waals surface area contributed by atoms with Crippen LogP contribution in [0.5, 0.6) is 0 Å². The van der Waals surface area contributed by atoms with Crippen LogP contribution in [0.1, 0.15) is 32.1 Å². The normalized spacial score (nSPS) is 32.5. The minimum Gasteiger partial charge on any atom is -0.375 e. The minimum absolute atomic E-state index is 0.118. The fraction of sp³-hybridized carbons (Fsp3) is 1.00. The maximum Gasteiger partial charge on any atom is 0.0694 e. The first-order chi connectivity index (χ1) is 6.76. The summed E-state index contributed by atoms with van der Waals surface area (Å²) in [6.45, 7) is 1.33. The fourth-order valence-corrected chi connectivity index (χ4v) is 3.82. The number of hydrogen-bond donors (Lipinski definition) is 1. The predicted octanol–water partition coefficient (Wildman–Crippen LogP) is 0.795. The lowest BCUT2D eigenvalue weighted by atomic mass is 9.75. The molecule has 1 saturated heterocycles. The zero-order chi connectivity index (χ0) is 10.0. The van der Waals surface area contributed by atoms with E-state index >= 15 is 0 Å². The molecular weight excluding hydrogens is 198 g/mol. The van der Waals surface area contributed by atoms with Gasteiger partial charge in [-0.1, -0.05) is 0 Å². The van der Waals surface area contributed by atoms with E-state index in [-0.39, 0.29) is 5.60 Å². The maximum atomic E-state index is 11.8. The van der Waals surface area contributed by atoms with Gasteiger partial charge in [0.15, 0.2) is 0 Å². The molecule has 3 nitrogen and oxygen atoms in total. The maximum absolute atomic E-state index is 11.8. The van der Waals surface area contributed by atoms with Crippen LogP contribution in [0.4, 0.5) is 0 Å². The molecule has 0 aromatic rings. The van der Waals surface area contributed by atoms with Crippen molar-refractivity contribution in [2.75, 3.05) is 18.9 Å². The molecule has 2 fully saturated rings. The van der Waals surface area contributed by atoms with Gasteiger partial charge < -0.3 is 10.5 Å². The van der Waals surface area contributed by atoms with E-state index in [4.69, 9.17) is 10.5 Å². The van der Waals surface area contributed by atoms with E-state index in [1.165, 1.54) is 19.3 Å². The molecule has 0 amide bonds. The fourth-order valence-electron chi connectivity index (χ4n) is 2.41. The summed E-state index contributed by atoms with van der Waals surface area (Å²) in [7, 11) is -0.726. The van der Waals surface area contributed by atoms with Gasteiger partial charge in [0.1, 0.15) is 0 Å². The van der Waals surface area contributed by atoms with Gasteiger partial charge in [0.25, 0.3) is 0 Å². The summed E-state index contributed by atoms with van der Waals surface area (Å²) in [6, 6.07) is 0. The zero-order valence-corrected chi connectivity index (χ0v) is 9.35. The van der Waals surface area contributed by atoms with Gasteiger partial charge in [0.05, 0.1) is 5.60 Å². The summed E-state index contributed by atoms with van der Waals surface area (Å²) in [5.74, 6) is 0.654. The number of nitrogens with two attached hydrogens (primary N) is 1. The third-order valence-electron chi connectivity index (χ3n) is 3.40. The van der Waals surface area contributed by atoms with Crippen molar-refractivity contribution in [1.29, 1.82) is 0 Å². The first-order valence-corrected chi connectivity index (χ1v) is 6.85. The van der Waals surface area contributed by atoms with Crippen LogP contribution in [0.25, 0.3) is 0 Å². The molecule has 2 N–H and O–H groups in total. The summed E-state index contributed by atoms with van der Waals surface area (Å²) in [5.41, 5.74) is 5.54. The van der Waals surface area contributed by atoms with E-state index in [1.54, 1.807) is 0 Å². The smallest absolute Gasteiger partial charge is 0.0694 e. The monoisotopic (exact) mass is 217 g/mol. The molecule has 1 spiro atoms. The lowest BCUT2D eigenvalue weighted by Crippen LogP contribution is -2.48. The lowest BCUT2D eigenvalue weighted by Gasteiger charge is -2.46. The van der Waals surface area contributed by atoms with Gasteiger partial charge in [0, 0.05) is 35.0 Å². The Morgan fingerprint density at radius 2 is 2.29 bits per heavy atom. The SMILES string of the molecule is NCCS(=O)C1CCOC2(CCC2)C1. The Morgan fingerprint density at radius 1 is 1.50 bits per heavy atom. The van der Waals surface area contributed by atoms with Crippen LogP contribution in [0, 0.1) is 0 Å². The van der Waals surface area contributed by atoms with Crippen molar-refractivity contribution in [3.8, 4) is 0 Å². The molecule has 1 saturated carbocycles. The van der Waals surface area contributed by atoms with E-state index in [0.717, 1.165) is 19.4 Å². The van der Waals surface area contributed by atoms with E-state index in [0.29, 0.717) is 17.5 Å². The molecule has 0 radical (unpaired) electrons. The molecule has 1 aliphatic carbocycles. The average Bonchev–Trinajstić information content (AvgIpc) is 2.16. The molecule has 2 aliphatic rings. The molecule has 0 aromatic carbocycles. The second-order valence-electron chi connectivity index (χ2n) is 4.37. The third-order valence-corrected chi connectivity index (χ3v) is 5.19. The predicted molar refractivity (Wildman–Crippen MR) is 57.6 cm³/mol. The first kappa shape index (κ1) is 10.6. The van der Waals surface area contributed by atoms with Crippen LogP contribution in [0.2, 0.25) is 0 Å². The van der Waals surface area contributed by atoms with Crippen molar-refractivity contribution in [3.05, 3.63) is 0 Å². The molecule has 2 atom stereocenters. The van der Waals surface area contributed by atoms with E-state index in [1.807, 2.05) is 0 Å².